The first-order valence-electron chi connectivity index (χ1n) is 5.24. The monoisotopic (exact) mass is 300 g/mol. The second-order valence-electron chi connectivity index (χ2n) is 3.54. The molecule has 0 aliphatic heterocycles. The van der Waals surface area contributed by atoms with E-state index in [0.717, 1.165) is 0 Å². The molecule has 2 aromatic rings. The van der Waals surface area contributed by atoms with Gasteiger partial charge in [0.05, 0.1) is 0 Å². The number of aromatic carboxylic acids is 1. The van der Waals surface area contributed by atoms with Crippen LogP contribution in [-0.4, -0.2) is 22.6 Å². The minimum atomic E-state index is -0.866. The van der Waals surface area contributed by atoms with Crippen LogP contribution < -0.4 is 0 Å². The van der Waals surface area contributed by atoms with Crippen molar-refractivity contribution in [2.24, 2.45) is 0 Å². The second kappa shape index (κ2) is 8.19. The molecule has 0 amide bonds. The summed E-state index contributed by atoms with van der Waals surface area (Å²) in [4.78, 5) is 31.4. The predicted molar refractivity (Wildman–Crippen MR) is 66.0 cm³/mol. The van der Waals surface area contributed by atoms with Crippen molar-refractivity contribution in [3.8, 4) is 0 Å². The number of hydrogen-bond acceptors (Lipinski definition) is 3. The maximum Gasteiger partial charge on any atom is 0.147 e. The molecule has 0 saturated carbocycles. The van der Waals surface area contributed by atoms with Crippen molar-refractivity contribution in [3.63, 3.8) is 0 Å². The van der Waals surface area contributed by atoms with Crippen molar-refractivity contribution in [1.29, 1.82) is 0 Å². The largest absolute Gasteiger partial charge is 0.681 e. The van der Waals surface area contributed by atoms with E-state index in [2.05, 4.69) is 0 Å². The molecule has 0 spiro atoms. The van der Waals surface area contributed by atoms with Crippen LogP contribution in [0.25, 0.3) is 0 Å². The first-order chi connectivity index (χ1) is 8.52. The van der Waals surface area contributed by atoms with Gasteiger partial charge in [0.2, 0.25) is 0 Å². The van der Waals surface area contributed by atoms with Crippen molar-refractivity contribution in [2.45, 2.75) is 6.92 Å². The molecule has 0 fully saturated rings. The number of carboxylic acid groups (broad SMARTS) is 1. The number of rotatable bonds is 3. The van der Waals surface area contributed by atoms with Crippen LogP contribution in [0.5, 0.6) is 0 Å². The molecule has 0 aromatic heterocycles. The van der Waals surface area contributed by atoms with Gasteiger partial charge in [-0.2, -0.15) is 12.1 Å². The van der Waals surface area contributed by atoms with Crippen LogP contribution >= 0.6 is 0 Å². The summed E-state index contributed by atoms with van der Waals surface area (Å²) in [5.74, 6) is -1.69. The molecular weight excluding hydrogens is 288 g/mol. The Labute approximate surface area is 121 Å². The number of carbonyl (C=O) groups is 3. The molecular formula is C14H12FeO4-6. The molecule has 0 unspecified atom stereocenters. The summed E-state index contributed by atoms with van der Waals surface area (Å²) >= 11 is 0. The van der Waals surface area contributed by atoms with Gasteiger partial charge in [0.1, 0.15) is 11.6 Å². The molecule has 2 rings (SSSR count). The average molecular weight is 300 g/mol. The Morgan fingerprint density at radius 3 is 1.84 bits per heavy atom. The first-order valence-corrected chi connectivity index (χ1v) is 5.24. The molecule has 2 aromatic carbocycles. The standard InChI is InChI=1S/C8H7O2.C6H5O2.Fe/c1-6(9)8(10)7-4-2-3-5-7;7-6(8)5-3-1-2-4-5;/h2-5H,1H3;1-4H,(H,7,8);/q-1;-5;. The summed E-state index contributed by atoms with van der Waals surface area (Å²) in [5.41, 5.74) is 0.831. The zero-order valence-corrected chi connectivity index (χ0v) is 11.2. The van der Waals surface area contributed by atoms with E-state index >= 15 is 0 Å². The van der Waals surface area contributed by atoms with E-state index in [1.807, 2.05) is 0 Å². The summed E-state index contributed by atoms with van der Waals surface area (Å²) in [6.45, 7) is 1.27. The molecule has 0 aliphatic rings. The molecule has 19 heavy (non-hydrogen) atoms. The minimum Gasteiger partial charge on any atom is -0.681 e. The summed E-state index contributed by atoms with van der Waals surface area (Å²) in [6.07, 6.45) is 0. The molecule has 0 aliphatic carbocycles. The normalized spacial score (nSPS) is 8.68. The molecule has 0 saturated heterocycles. The van der Waals surface area contributed by atoms with Crippen LogP contribution in [-0.2, 0) is 21.9 Å². The van der Waals surface area contributed by atoms with Gasteiger partial charge in [-0.1, -0.05) is 5.56 Å². The maximum absolute atomic E-state index is 10.9. The van der Waals surface area contributed by atoms with E-state index in [4.69, 9.17) is 5.11 Å². The molecule has 4 nitrogen and oxygen atoms in total. The van der Waals surface area contributed by atoms with Crippen LogP contribution in [0.15, 0.2) is 48.5 Å². The summed E-state index contributed by atoms with van der Waals surface area (Å²) in [6, 6.07) is 13.2. The average Bonchev–Trinajstić information content (AvgIpc) is 3.02. The molecule has 0 heterocycles. The van der Waals surface area contributed by atoms with E-state index in [0.29, 0.717) is 11.1 Å². The Hall–Kier alpha value is -1.97. The predicted octanol–water partition coefficient (Wildman–Crippen LogP) is 2.28. The van der Waals surface area contributed by atoms with Crippen LogP contribution in [0.3, 0.4) is 0 Å². The Bertz CT molecular complexity index is 524. The molecule has 0 atom stereocenters. The van der Waals surface area contributed by atoms with Gasteiger partial charge in [-0.3, -0.25) is 0 Å². The van der Waals surface area contributed by atoms with Crippen LogP contribution in [0, 0.1) is 0 Å². The number of ketones is 2. The Kier molecular flexibility index (Phi) is 7.34. The zero-order chi connectivity index (χ0) is 13.5. The zero-order valence-electron chi connectivity index (χ0n) is 10.1. The van der Waals surface area contributed by atoms with Crippen molar-refractivity contribution >= 4 is 17.5 Å². The van der Waals surface area contributed by atoms with Gasteiger partial charge >= 0.3 is 0 Å². The van der Waals surface area contributed by atoms with Crippen molar-refractivity contribution in [1.82, 2.24) is 0 Å². The Morgan fingerprint density at radius 2 is 1.53 bits per heavy atom. The fourth-order valence-electron chi connectivity index (χ4n) is 1.25. The van der Waals surface area contributed by atoms with E-state index in [9.17, 15) is 14.4 Å². The molecule has 5 heteroatoms. The van der Waals surface area contributed by atoms with Crippen LogP contribution in [0.1, 0.15) is 27.6 Å². The number of carboxylic acids is 1. The van der Waals surface area contributed by atoms with Crippen molar-refractivity contribution in [2.75, 3.05) is 0 Å². The van der Waals surface area contributed by atoms with Gasteiger partial charge in [-0.15, -0.1) is 18.1 Å². The smallest absolute Gasteiger partial charge is 0.147 e. The first kappa shape index (κ1) is 17.0. The van der Waals surface area contributed by atoms with Gasteiger partial charge in [-0.05, 0) is 6.92 Å². The van der Waals surface area contributed by atoms with Gasteiger partial charge in [0.25, 0.3) is 0 Å². The Balaban J connectivity index is 0.000000331. The molecule has 0 radical (unpaired) electrons. The SMILES string of the molecule is CC(=O)C(=O)[c-]1cccc1.O=C(O)[c-]1[cH-][cH-][cH-][cH-]1.[Fe]. The van der Waals surface area contributed by atoms with E-state index in [-0.39, 0.29) is 17.1 Å². The van der Waals surface area contributed by atoms with Crippen molar-refractivity contribution < 1.29 is 36.6 Å². The van der Waals surface area contributed by atoms with Gasteiger partial charge in [0.15, 0.2) is 0 Å². The topological polar surface area (TPSA) is 71.4 Å². The molecule has 0 bridgehead atoms. The van der Waals surface area contributed by atoms with Crippen LogP contribution in [0.2, 0.25) is 0 Å². The number of Topliss-reactive ketones (excluding diaryl/α,β-unsaturated/α-hetero) is 2. The van der Waals surface area contributed by atoms with E-state index in [1.165, 1.54) is 6.92 Å². The number of carbonyl (C=O) groups excluding carboxylic acids is 2. The Morgan fingerprint density at radius 1 is 1.05 bits per heavy atom. The minimum absolute atomic E-state index is 0. The summed E-state index contributed by atoms with van der Waals surface area (Å²) in [7, 11) is 0. The third-order valence-electron chi connectivity index (χ3n) is 2.15. The van der Waals surface area contributed by atoms with Crippen molar-refractivity contribution in [3.05, 3.63) is 59.7 Å². The number of hydrogen-bond donors (Lipinski definition) is 1. The third kappa shape index (κ3) is 5.46. The van der Waals surface area contributed by atoms with Crippen LogP contribution in [0.4, 0.5) is 0 Å². The fourth-order valence-corrected chi connectivity index (χ4v) is 1.25. The fraction of sp³-hybridized carbons (Fsp3) is 0.0714. The summed E-state index contributed by atoms with van der Waals surface area (Å²) < 4.78 is 0. The third-order valence-corrected chi connectivity index (χ3v) is 2.15. The van der Waals surface area contributed by atoms with Gasteiger partial charge in [0, 0.05) is 17.1 Å². The quantitative estimate of drug-likeness (QED) is 0.408. The van der Waals surface area contributed by atoms with E-state index in [1.54, 1.807) is 48.5 Å². The second-order valence-corrected chi connectivity index (χ2v) is 3.54. The van der Waals surface area contributed by atoms with E-state index < -0.39 is 17.5 Å². The molecule has 1 N–H and O–H groups in total. The summed E-state index contributed by atoms with van der Waals surface area (Å²) in [5, 5.41) is 8.27. The maximum atomic E-state index is 10.9. The van der Waals surface area contributed by atoms with Gasteiger partial charge in [-0.25, -0.2) is 0 Å². The van der Waals surface area contributed by atoms with Gasteiger partial charge < -0.3 is 49.3 Å². The molecule has 106 valence electrons.